The molecule has 2 heterocycles. The largest absolute Gasteiger partial charge is 0.449 e. The van der Waals surface area contributed by atoms with E-state index in [-0.39, 0.29) is 16.1 Å². The number of unbranched alkanes of at least 4 members (excludes halogenated alkanes) is 9. The highest BCUT2D eigenvalue weighted by atomic mass is 35.5. The summed E-state index contributed by atoms with van der Waals surface area (Å²) in [4.78, 5) is 22.0. The van der Waals surface area contributed by atoms with Gasteiger partial charge in [-0.3, -0.25) is 4.79 Å². The molecule has 5 nitrogen and oxygen atoms in total. The van der Waals surface area contributed by atoms with Crippen molar-refractivity contribution in [2.24, 2.45) is 0 Å². The Morgan fingerprint density at radius 1 is 1.00 bits per heavy atom. The summed E-state index contributed by atoms with van der Waals surface area (Å²) in [6.45, 7) is 3.54. The Balaban J connectivity index is 0.000000311. The first-order valence-electron chi connectivity index (χ1n) is 10.9. The summed E-state index contributed by atoms with van der Waals surface area (Å²) < 4.78 is 36.9. The highest BCUT2D eigenvalue weighted by Gasteiger charge is 2.34. The molecule has 0 atom stereocenters. The molecule has 0 radical (unpaired) electrons. The van der Waals surface area contributed by atoms with Crippen LogP contribution in [-0.2, 0) is 6.18 Å². The van der Waals surface area contributed by atoms with Crippen molar-refractivity contribution < 1.29 is 13.2 Å². The third-order valence-corrected chi connectivity index (χ3v) is 4.96. The summed E-state index contributed by atoms with van der Waals surface area (Å²) in [6, 6.07) is 1.20. The molecule has 0 bridgehead atoms. The Morgan fingerprint density at radius 2 is 1.55 bits per heavy atom. The number of aromatic amines is 1. The van der Waals surface area contributed by atoms with Gasteiger partial charge < -0.3 is 9.88 Å². The smallest absolute Gasteiger partial charge is 0.309 e. The van der Waals surface area contributed by atoms with Gasteiger partial charge in [0.15, 0.2) is 5.65 Å². The van der Waals surface area contributed by atoms with E-state index < -0.39 is 17.6 Å². The third kappa shape index (κ3) is 11.5. The lowest BCUT2D eigenvalue weighted by atomic mass is 10.1. The minimum Gasteiger partial charge on any atom is -0.309 e. The fourth-order valence-electron chi connectivity index (χ4n) is 3.05. The molecule has 0 saturated heterocycles. The van der Waals surface area contributed by atoms with Crippen molar-refractivity contribution in [3.63, 3.8) is 0 Å². The van der Waals surface area contributed by atoms with Gasteiger partial charge in [0.05, 0.1) is 10.4 Å². The van der Waals surface area contributed by atoms with Crippen LogP contribution in [0.25, 0.3) is 11.0 Å². The fourth-order valence-corrected chi connectivity index (χ4v) is 3.20. The molecule has 0 unspecified atom stereocenters. The van der Waals surface area contributed by atoms with E-state index in [4.69, 9.17) is 11.6 Å². The topological polar surface area (TPSA) is 61.9 Å². The number of pyridine rings is 1. The molecule has 2 aromatic rings. The van der Waals surface area contributed by atoms with E-state index in [1.54, 1.807) is 4.98 Å². The average molecular weight is 463 g/mol. The van der Waals surface area contributed by atoms with Crippen molar-refractivity contribution in [1.82, 2.24) is 19.9 Å². The Bertz CT molecular complexity index is 824. The SMILES string of the molecule is CCCCCCCCCCCCN(C)C.O=c1[nH]c(C(F)(F)F)nc2ncc(Cl)cc12. The van der Waals surface area contributed by atoms with Gasteiger partial charge >= 0.3 is 6.18 Å². The van der Waals surface area contributed by atoms with Gasteiger partial charge in [-0.15, -0.1) is 0 Å². The Morgan fingerprint density at radius 3 is 2.06 bits per heavy atom. The Kier molecular flexibility index (Phi) is 12.7. The quantitative estimate of drug-likeness (QED) is 0.389. The maximum Gasteiger partial charge on any atom is 0.449 e. The molecule has 0 saturated carbocycles. The molecule has 176 valence electrons. The van der Waals surface area contributed by atoms with Gasteiger partial charge in [-0.05, 0) is 33.1 Å². The van der Waals surface area contributed by atoms with E-state index in [9.17, 15) is 18.0 Å². The van der Waals surface area contributed by atoms with E-state index in [1.165, 1.54) is 76.8 Å². The van der Waals surface area contributed by atoms with Gasteiger partial charge in [0.1, 0.15) is 0 Å². The maximum atomic E-state index is 12.3. The molecular weight excluding hydrogens is 429 g/mol. The molecule has 0 aliphatic carbocycles. The molecule has 31 heavy (non-hydrogen) atoms. The zero-order chi connectivity index (χ0) is 23.3. The van der Waals surface area contributed by atoms with Crippen molar-refractivity contribution in [2.75, 3.05) is 20.6 Å². The normalized spacial score (nSPS) is 11.6. The van der Waals surface area contributed by atoms with Crippen molar-refractivity contribution in [2.45, 2.75) is 77.3 Å². The van der Waals surface area contributed by atoms with Gasteiger partial charge in [-0.1, -0.05) is 76.3 Å². The molecule has 0 fully saturated rings. The van der Waals surface area contributed by atoms with Crippen molar-refractivity contribution in [3.8, 4) is 0 Å². The van der Waals surface area contributed by atoms with Crippen LogP contribution in [-0.4, -0.2) is 40.5 Å². The van der Waals surface area contributed by atoms with Gasteiger partial charge in [0, 0.05) is 6.20 Å². The molecule has 9 heteroatoms. The lowest BCUT2D eigenvalue weighted by molar-refractivity contribution is -0.144. The Hall–Kier alpha value is -1.67. The molecule has 2 aromatic heterocycles. The summed E-state index contributed by atoms with van der Waals surface area (Å²) in [5.74, 6) is -1.38. The first-order chi connectivity index (χ1) is 14.6. The molecule has 0 aliphatic heterocycles. The van der Waals surface area contributed by atoms with Crippen LogP contribution in [0.2, 0.25) is 5.02 Å². The fraction of sp³-hybridized carbons (Fsp3) is 0.682. The lowest BCUT2D eigenvalue weighted by Crippen LogP contribution is -2.19. The summed E-state index contributed by atoms with van der Waals surface area (Å²) in [6.07, 6.45) is 10.8. The van der Waals surface area contributed by atoms with Crippen LogP contribution in [0, 0.1) is 0 Å². The Labute approximate surface area is 187 Å². The van der Waals surface area contributed by atoms with E-state index >= 15 is 0 Å². The standard InChI is InChI=1S/C14H31N.C8H3ClF3N3O/c1-4-5-6-7-8-9-10-11-12-13-14-15(2)3;9-3-1-4-5(13-2-3)14-7(8(10,11)12)15-6(4)16/h4-14H2,1-3H3;1-2H,(H,13,14,15,16). The van der Waals surface area contributed by atoms with E-state index in [2.05, 4.69) is 35.9 Å². The average Bonchev–Trinajstić information content (AvgIpc) is 2.69. The van der Waals surface area contributed by atoms with Crippen LogP contribution in [0.15, 0.2) is 17.1 Å². The van der Waals surface area contributed by atoms with Crippen molar-refractivity contribution in [1.29, 1.82) is 0 Å². The highest BCUT2D eigenvalue weighted by Crippen LogP contribution is 2.25. The van der Waals surface area contributed by atoms with E-state index in [0.29, 0.717) is 0 Å². The van der Waals surface area contributed by atoms with E-state index in [1.807, 2.05) is 0 Å². The number of fused-ring (bicyclic) bond motifs is 1. The van der Waals surface area contributed by atoms with Crippen LogP contribution in [0.3, 0.4) is 0 Å². The predicted molar refractivity (Wildman–Crippen MR) is 121 cm³/mol. The van der Waals surface area contributed by atoms with Gasteiger partial charge in [0.25, 0.3) is 5.56 Å². The van der Waals surface area contributed by atoms with Gasteiger partial charge in [-0.25, -0.2) is 9.97 Å². The summed E-state index contributed by atoms with van der Waals surface area (Å²) in [5, 5.41) is 0.0695. The first-order valence-corrected chi connectivity index (χ1v) is 11.3. The predicted octanol–water partition coefficient (Wildman–Crippen LogP) is 6.46. The van der Waals surface area contributed by atoms with Crippen LogP contribution in [0.5, 0.6) is 0 Å². The number of nitrogens with zero attached hydrogens (tertiary/aromatic N) is 3. The summed E-state index contributed by atoms with van der Waals surface area (Å²) >= 11 is 5.56. The molecule has 0 spiro atoms. The molecule has 0 aliphatic rings. The summed E-state index contributed by atoms with van der Waals surface area (Å²) in [5.41, 5.74) is -1.21. The third-order valence-electron chi connectivity index (χ3n) is 4.75. The van der Waals surface area contributed by atoms with Crippen LogP contribution < -0.4 is 5.56 Å². The number of H-pyrrole nitrogens is 1. The molecule has 2 rings (SSSR count). The number of hydrogen-bond donors (Lipinski definition) is 1. The number of rotatable bonds is 11. The van der Waals surface area contributed by atoms with Crippen molar-refractivity contribution in [3.05, 3.63) is 33.5 Å². The van der Waals surface area contributed by atoms with Crippen molar-refractivity contribution >= 4 is 22.6 Å². The van der Waals surface area contributed by atoms with Crippen LogP contribution >= 0.6 is 11.6 Å². The number of hydrogen-bond acceptors (Lipinski definition) is 4. The number of alkyl halides is 3. The zero-order valence-corrected chi connectivity index (χ0v) is 19.5. The lowest BCUT2D eigenvalue weighted by Gasteiger charge is -2.08. The first kappa shape index (κ1) is 27.4. The van der Waals surface area contributed by atoms with Gasteiger partial charge in [-0.2, -0.15) is 13.2 Å². The monoisotopic (exact) mass is 462 g/mol. The van der Waals surface area contributed by atoms with Crippen LogP contribution in [0.4, 0.5) is 13.2 Å². The second-order valence-corrected chi connectivity index (χ2v) is 8.36. The highest BCUT2D eigenvalue weighted by molar-refractivity contribution is 6.31. The van der Waals surface area contributed by atoms with Crippen LogP contribution in [0.1, 0.15) is 77.0 Å². The second-order valence-electron chi connectivity index (χ2n) is 7.92. The minimum atomic E-state index is -4.71. The maximum absolute atomic E-state index is 12.3. The number of nitrogens with one attached hydrogen (secondary N) is 1. The van der Waals surface area contributed by atoms with E-state index in [0.717, 1.165) is 6.20 Å². The summed E-state index contributed by atoms with van der Waals surface area (Å²) in [7, 11) is 4.32. The second kappa shape index (κ2) is 14.4. The molecule has 0 amide bonds. The van der Waals surface area contributed by atoms with Gasteiger partial charge in [0.2, 0.25) is 5.82 Å². The number of aromatic nitrogens is 3. The zero-order valence-electron chi connectivity index (χ0n) is 18.7. The molecule has 0 aromatic carbocycles. The molecular formula is C22H34ClF3N4O. The minimum absolute atomic E-state index is 0.0829. The molecule has 1 N–H and O–H groups in total. The number of halogens is 4.